The van der Waals surface area contributed by atoms with Crippen molar-refractivity contribution in [1.82, 2.24) is 15.5 Å². The van der Waals surface area contributed by atoms with Crippen molar-refractivity contribution in [2.75, 3.05) is 40.4 Å². The van der Waals surface area contributed by atoms with Gasteiger partial charge in [-0.15, -0.1) is 0 Å². The zero-order valence-electron chi connectivity index (χ0n) is 18.6. The number of guanidine groups is 1. The van der Waals surface area contributed by atoms with Crippen molar-refractivity contribution >= 4 is 11.9 Å². The number of rotatable bonds is 8. The number of ether oxygens (including phenoxy) is 2. The van der Waals surface area contributed by atoms with E-state index in [-0.39, 0.29) is 12.0 Å². The number of aliphatic imine (C=N–C) groups is 1. The van der Waals surface area contributed by atoms with E-state index in [9.17, 15) is 4.79 Å². The van der Waals surface area contributed by atoms with Gasteiger partial charge in [0, 0.05) is 38.1 Å². The molecule has 1 aromatic rings. The molecule has 1 saturated heterocycles. The monoisotopic (exact) mass is 416 g/mol. The Morgan fingerprint density at radius 3 is 2.63 bits per heavy atom. The first kappa shape index (κ1) is 22.2. The number of hydrogen-bond acceptors (Lipinski definition) is 4. The van der Waals surface area contributed by atoms with Crippen molar-refractivity contribution in [2.45, 2.75) is 51.5 Å². The van der Waals surface area contributed by atoms with Gasteiger partial charge in [-0.3, -0.25) is 9.79 Å². The zero-order valence-corrected chi connectivity index (χ0v) is 18.6. The Morgan fingerprint density at radius 2 is 1.93 bits per heavy atom. The minimum Gasteiger partial charge on any atom is -0.493 e. The van der Waals surface area contributed by atoms with Crippen LogP contribution in [-0.2, 0) is 11.2 Å². The standard InChI is InChI=1S/C23H36N4O3/c1-4-24-23(25-13-11-17-9-10-20(29-2)21(15-17)30-3)26-19-12-14-27(16-19)22(28)18-7-5-6-8-18/h9-10,15,18-19H,4-8,11-14,16H2,1-3H3,(H2,24,25,26). The second-order valence-electron chi connectivity index (χ2n) is 8.10. The molecule has 166 valence electrons. The van der Waals surface area contributed by atoms with Gasteiger partial charge in [0.1, 0.15) is 0 Å². The summed E-state index contributed by atoms with van der Waals surface area (Å²) in [5.41, 5.74) is 1.15. The third kappa shape index (κ3) is 5.80. The van der Waals surface area contributed by atoms with E-state index in [0.717, 1.165) is 68.3 Å². The zero-order chi connectivity index (χ0) is 21.3. The van der Waals surface area contributed by atoms with Crippen molar-refractivity contribution in [2.24, 2.45) is 10.9 Å². The Kier molecular flexibility index (Phi) is 8.22. The fourth-order valence-electron chi connectivity index (χ4n) is 4.36. The molecular formula is C23H36N4O3. The predicted octanol–water partition coefficient (Wildman–Crippen LogP) is 2.59. The molecular weight excluding hydrogens is 380 g/mol. The quantitative estimate of drug-likeness (QED) is 0.503. The van der Waals surface area contributed by atoms with Crippen LogP contribution in [0.5, 0.6) is 11.5 Å². The second kappa shape index (κ2) is 11.1. The van der Waals surface area contributed by atoms with E-state index < -0.39 is 0 Å². The summed E-state index contributed by atoms with van der Waals surface area (Å²) in [7, 11) is 3.29. The summed E-state index contributed by atoms with van der Waals surface area (Å²) in [4.78, 5) is 19.4. The van der Waals surface area contributed by atoms with E-state index in [1.54, 1.807) is 14.2 Å². The highest BCUT2D eigenvalue weighted by atomic mass is 16.5. The van der Waals surface area contributed by atoms with Crippen LogP contribution in [0.25, 0.3) is 0 Å². The molecule has 1 saturated carbocycles. The first-order valence-electron chi connectivity index (χ1n) is 11.2. The minimum absolute atomic E-state index is 0.257. The van der Waals surface area contributed by atoms with Gasteiger partial charge >= 0.3 is 0 Å². The highest BCUT2D eigenvalue weighted by molar-refractivity contribution is 5.81. The minimum atomic E-state index is 0.257. The second-order valence-corrected chi connectivity index (χ2v) is 8.10. The number of methoxy groups -OCH3 is 2. The van der Waals surface area contributed by atoms with Crippen LogP contribution < -0.4 is 20.1 Å². The predicted molar refractivity (Wildman–Crippen MR) is 119 cm³/mol. The molecule has 7 heteroatoms. The Balaban J connectivity index is 1.51. The molecule has 30 heavy (non-hydrogen) atoms. The molecule has 7 nitrogen and oxygen atoms in total. The average molecular weight is 417 g/mol. The summed E-state index contributed by atoms with van der Waals surface area (Å²) in [6.07, 6.45) is 6.31. The Morgan fingerprint density at radius 1 is 1.17 bits per heavy atom. The molecule has 0 radical (unpaired) electrons. The molecule has 0 bridgehead atoms. The van der Waals surface area contributed by atoms with Crippen molar-refractivity contribution in [1.29, 1.82) is 0 Å². The number of nitrogens with one attached hydrogen (secondary N) is 2. The van der Waals surface area contributed by atoms with E-state index >= 15 is 0 Å². The molecule has 3 rings (SSSR count). The van der Waals surface area contributed by atoms with Crippen LogP contribution in [0, 0.1) is 5.92 Å². The first-order chi connectivity index (χ1) is 14.6. The van der Waals surface area contributed by atoms with Crippen molar-refractivity contribution in [3.05, 3.63) is 23.8 Å². The first-order valence-corrected chi connectivity index (χ1v) is 11.2. The highest BCUT2D eigenvalue weighted by Crippen LogP contribution is 2.28. The third-order valence-electron chi connectivity index (χ3n) is 6.01. The van der Waals surface area contributed by atoms with Crippen LogP contribution in [0.4, 0.5) is 0 Å². The lowest BCUT2D eigenvalue weighted by Gasteiger charge is -2.21. The van der Waals surface area contributed by atoms with Crippen LogP contribution >= 0.6 is 0 Å². The van der Waals surface area contributed by atoms with Gasteiger partial charge in [0.15, 0.2) is 17.5 Å². The summed E-state index contributed by atoms with van der Waals surface area (Å²) in [6, 6.07) is 6.23. The maximum Gasteiger partial charge on any atom is 0.225 e. The summed E-state index contributed by atoms with van der Waals surface area (Å²) in [5, 5.41) is 6.85. The van der Waals surface area contributed by atoms with Gasteiger partial charge in [-0.2, -0.15) is 0 Å². The molecule has 1 aliphatic carbocycles. The van der Waals surface area contributed by atoms with Crippen molar-refractivity contribution in [3.8, 4) is 11.5 Å². The van der Waals surface area contributed by atoms with E-state index in [0.29, 0.717) is 12.5 Å². The van der Waals surface area contributed by atoms with Crippen LogP contribution in [0.1, 0.15) is 44.6 Å². The number of nitrogens with zero attached hydrogens (tertiary/aromatic N) is 2. The molecule has 2 fully saturated rings. The van der Waals surface area contributed by atoms with Crippen LogP contribution in [0.15, 0.2) is 23.2 Å². The Labute approximate surface area is 180 Å². The smallest absolute Gasteiger partial charge is 0.225 e. The lowest BCUT2D eigenvalue weighted by molar-refractivity contribution is -0.134. The van der Waals surface area contributed by atoms with Gasteiger partial charge in [0.2, 0.25) is 5.91 Å². The summed E-state index contributed by atoms with van der Waals surface area (Å²) < 4.78 is 10.7. The number of carbonyl (C=O) groups excluding carboxylic acids is 1. The average Bonchev–Trinajstić information content (AvgIpc) is 3.45. The van der Waals surface area contributed by atoms with Gasteiger partial charge in [0.05, 0.1) is 14.2 Å². The number of carbonyl (C=O) groups is 1. The summed E-state index contributed by atoms with van der Waals surface area (Å²) >= 11 is 0. The molecule has 1 heterocycles. The van der Waals surface area contributed by atoms with Gasteiger partial charge in [-0.05, 0) is 50.3 Å². The summed E-state index contributed by atoms with van der Waals surface area (Å²) in [5.74, 6) is 2.90. The van der Waals surface area contributed by atoms with Crippen molar-refractivity contribution < 1.29 is 14.3 Å². The molecule has 1 aliphatic heterocycles. The molecule has 1 aromatic carbocycles. The van der Waals surface area contributed by atoms with Crippen LogP contribution in [0.2, 0.25) is 0 Å². The lowest BCUT2D eigenvalue weighted by atomic mass is 10.1. The number of hydrogen-bond donors (Lipinski definition) is 2. The third-order valence-corrected chi connectivity index (χ3v) is 6.01. The Bertz CT molecular complexity index is 731. The molecule has 1 amide bonds. The largest absolute Gasteiger partial charge is 0.493 e. The number of amides is 1. The van der Waals surface area contributed by atoms with E-state index in [1.165, 1.54) is 12.8 Å². The molecule has 1 unspecified atom stereocenters. The molecule has 2 N–H and O–H groups in total. The molecule has 1 atom stereocenters. The normalized spacial score (nSPS) is 19.8. The van der Waals surface area contributed by atoms with Crippen molar-refractivity contribution in [3.63, 3.8) is 0 Å². The topological polar surface area (TPSA) is 75.2 Å². The van der Waals surface area contributed by atoms with E-state index in [1.807, 2.05) is 23.1 Å². The van der Waals surface area contributed by atoms with Crippen LogP contribution in [0.3, 0.4) is 0 Å². The molecule has 0 spiro atoms. The van der Waals surface area contributed by atoms with Crippen LogP contribution in [-0.4, -0.2) is 63.2 Å². The number of benzene rings is 1. The van der Waals surface area contributed by atoms with E-state index in [4.69, 9.17) is 14.5 Å². The van der Waals surface area contributed by atoms with Gasteiger partial charge in [0.25, 0.3) is 0 Å². The molecule has 0 aromatic heterocycles. The SMILES string of the molecule is CCNC(=NCCc1ccc(OC)c(OC)c1)NC1CCN(C(=O)C2CCCC2)C1. The van der Waals surface area contributed by atoms with E-state index in [2.05, 4.69) is 17.6 Å². The lowest BCUT2D eigenvalue weighted by Crippen LogP contribution is -2.45. The van der Waals surface area contributed by atoms with Gasteiger partial charge in [-0.25, -0.2) is 0 Å². The highest BCUT2D eigenvalue weighted by Gasteiger charge is 2.32. The maximum absolute atomic E-state index is 12.7. The number of likely N-dealkylation sites (tertiary alicyclic amines) is 1. The Hall–Kier alpha value is -2.44. The van der Waals surface area contributed by atoms with Gasteiger partial charge < -0.3 is 25.0 Å². The fourth-order valence-corrected chi connectivity index (χ4v) is 4.36. The van der Waals surface area contributed by atoms with Gasteiger partial charge in [-0.1, -0.05) is 18.9 Å². The fraction of sp³-hybridized carbons (Fsp3) is 0.652. The summed E-state index contributed by atoms with van der Waals surface area (Å²) in [6.45, 7) is 5.16. The maximum atomic E-state index is 12.7. The molecule has 2 aliphatic rings.